The fourth-order valence-corrected chi connectivity index (χ4v) is 3.72. The molecule has 5 nitrogen and oxygen atoms in total. The zero-order chi connectivity index (χ0) is 19.7. The van der Waals surface area contributed by atoms with Crippen molar-refractivity contribution in [3.8, 4) is 11.3 Å². The number of nitrogens with one attached hydrogen (secondary N) is 1. The molecule has 144 valence electrons. The van der Waals surface area contributed by atoms with Gasteiger partial charge in [0.25, 0.3) is 5.91 Å². The zero-order valence-corrected chi connectivity index (χ0v) is 17.0. The Hall–Kier alpha value is -2.18. The van der Waals surface area contributed by atoms with Gasteiger partial charge in [0, 0.05) is 47.2 Å². The van der Waals surface area contributed by atoms with E-state index in [2.05, 4.69) is 17.4 Å². The largest absolute Gasteiger partial charge is 0.304 e. The third kappa shape index (κ3) is 3.98. The third-order valence-corrected chi connectivity index (χ3v) is 5.49. The molecule has 1 N–H and O–H groups in total. The van der Waals surface area contributed by atoms with E-state index in [-0.39, 0.29) is 5.91 Å². The van der Waals surface area contributed by atoms with Gasteiger partial charge < -0.3 is 4.90 Å². The molecule has 7 heteroatoms. The van der Waals surface area contributed by atoms with Crippen molar-refractivity contribution in [3.63, 3.8) is 0 Å². The predicted octanol–water partition coefficient (Wildman–Crippen LogP) is 4.10. The van der Waals surface area contributed by atoms with Crippen LogP contribution >= 0.6 is 23.2 Å². The molecule has 0 saturated carbocycles. The van der Waals surface area contributed by atoms with Crippen LogP contribution in [0.3, 0.4) is 0 Å². The number of pyridine rings is 1. The molecular formula is C21H20Cl2N4O. The highest BCUT2D eigenvalue weighted by molar-refractivity contribution is 6.33. The number of aromatic nitrogens is 1. The van der Waals surface area contributed by atoms with Crippen LogP contribution in [-0.4, -0.2) is 54.0 Å². The van der Waals surface area contributed by atoms with Crippen LogP contribution in [0.15, 0.2) is 48.5 Å². The number of carbonyl (C=O) groups is 1. The highest BCUT2D eigenvalue weighted by atomic mass is 35.5. The van der Waals surface area contributed by atoms with Crippen molar-refractivity contribution in [2.75, 3.05) is 33.2 Å². The summed E-state index contributed by atoms with van der Waals surface area (Å²) < 4.78 is 0. The summed E-state index contributed by atoms with van der Waals surface area (Å²) in [5, 5.41) is 3.83. The standard InChI is InChI=1S/C21H20Cl2N4O/c1-26-8-10-27(11-9-26)25-21(28)17-13-20(15-4-2-3-5-18(15)23)24-19-7-6-14(22)12-16(17)19/h2-7,12-13H,8-11H2,1H3,(H,25,28). The van der Waals surface area contributed by atoms with Gasteiger partial charge >= 0.3 is 0 Å². The number of halogens is 2. The number of nitrogens with zero attached hydrogens (tertiary/aromatic N) is 3. The van der Waals surface area contributed by atoms with Crippen LogP contribution in [0.25, 0.3) is 22.2 Å². The van der Waals surface area contributed by atoms with Crippen molar-refractivity contribution >= 4 is 40.0 Å². The van der Waals surface area contributed by atoms with Gasteiger partial charge in [-0.05, 0) is 37.4 Å². The highest BCUT2D eigenvalue weighted by Gasteiger charge is 2.20. The van der Waals surface area contributed by atoms with E-state index < -0.39 is 0 Å². The number of fused-ring (bicyclic) bond motifs is 1. The molecule has 0 bridgehead atoms. The normalized spacial score (nSPS) is 15.7. The number of likely N-dealkylation sites (N-methyl/N-ethyl adjacent to an activating group) is 1. The Bertz CT molecular complexity index is 1030. The van der Waals surface area contributed by atoms with E-state index in [1.807, 2.05) is 35.3 Å². The van der Waals surface area contributed by atoms with Gasteiger partial charge in [0.05, 0.1) is 16.8 Å². The molecule has 0 spiro atoms. The van der Waals surface area contributed by atoms with E-state index in [1.165, 1.54) is 0 Å². The quantitative estimate of drug-likeness (QED) is 0.700. The van der Waals surface area contributed by atoms with Crippen LogP contribution < -0.4 is 5.43 Å². The maximum atomic E-state index is 13.1. The first-order chi connectivity index (χ1) is 13.5. The first-order valence-electron chi connectivity index (χ1n) is 9.11. The van der Waals surface area contributed by atoms with Gasteiger partial charge in [-0.3, -0.25) is 10.2 Å². The highest BCUT2D eigenvalue weighted by Crippen LogP contribution is 2.30. The van der Waals surface area contributed by atoms with E-state index in [1.54, 1.807) is 18.2 Å². The van der Waals surface area contributed by atoms with Crippen molar-refractivity contribution in [3.05, 3.63) is 64.1 Å². The molecule has 0 atom stereocenters. The lowest BCUT2D eigenvalue weighted by Crippen LogP contribution is -2.52. The van der Waals surface area contributed by atoms with Crippen molar-refractivity contribution < 1.29 is 4.79 Å². The molecule has 4 rings (SSSR count). The first-order valence-corrected chi connectivity index (χ1v) is 9.86. The predicted molar refractivity (Wildman–Crippen MR) is 114 cm³/mol. The second kappa shape index (κ2) is 8.05. The summed E-state index contributed by atoms with van der Waals surface area (Å²) in [6.07, 6.45) is 0. The fourth-order valence-electron chi connectivity index (χ4n) is 3.31. The van der Waals surface area contributed by atoms with Crippen LogP contribution in [0.5, 0.6) is 0 Å². The number of benzene rings is 2. The number of amides is 1. The van der Waals surface area contributed by atoms with Crippen LogP contribution in [0.2, 0.25) is 10.0 Å². The van der Waals surface area contributed by atoms with Crippen LogP contribution in [0.4, 0.5) is 0 Å². The third-order valence-electron chi connectivity index (χ3n) is 4.93. The molecule has 1 aliphatic heterocycles. The second-order valence-electron chi connectivity index (χ2n) is 6.93. The maximum absolute atomic E-state index is 13.1. The monoisotopic (exact) mass is 414 g/mol. The first kappa shape index (κ1) is 19.2. The molecule has 1 amide bonds. The number of hydrogen-bond donors (Lipinski definition) is 1. The summed E-state index contributed by atoms with van der Waals surface area (Å²) in [4.78, 5) is 20.1. The Morgan fingerprint density at radius 3 is 2.54 bits per heavy atom. The topological polar surface area (TPSA) is 48.5 Å². The molecule has 0 unspecified atom stereocenters. The van der Waals surface area contributed by atoms with E-state index in [0.29, 0.717) is 26.8 Å². The molecule has 1 saturated heterocycles. The van der Waals surface area contributed by atoms with Gasteiger partial charge in [0.2, 0.25) is 0 Å². The van der Waals surface area contributed by atoms with Gasteiger partial charge in [-0.2, -0.15) is 0 Å². The summed E-state index contributed by atoms with van der Waals surface area (Å²) in [6.45, 7) is 3.38. The minimum atomic E-state index is -0.174. The van der Waals surface area contributed by atoms with E-state index >= 15 is 0 Å². The van der Waals surface area contributed by atoms with Gasteiger partial charge in [0.15, 0.2) is 0 Å². The molecule has 1 fully saturated rings. The molecule has 28 heavy (non-hydrogen) atoms. The summed E-state index contributed by atoms with van der Waals surface area (Å²) >= 11 is 12.6. The minimum absolute atomic E-state index is 0.174. The number of hydrogen-bond acceptors (Lipinski definition) is 4. The molecule has 1 aliphatic rings. The second-order valence-corrected chi connectivity index (χ2v) is 7.77. The maximum Gasteiger partial charge on any atom is 0.266 e. The van der Waals surface area contributed by atoms with Gasteiger partial charge in [-0.25, -0.2) is 9.99 Å². The Kier molecular flexibility index (Phi) is 5.51. The van der Waals surface area contributed by atoms with Crippen LogP contribution in [0, 0.1) is 0 Å². The van der Waals surface area contributed by atoms with E-state index in [9.17, 15) is 4.79 Å². The molecule has 1 aromatic heterocycles. The SMILES string of the molecule is CN1CCN(NC(=O)c2cc(-c3ccccc3Cl)nc3ccc(Cl)cc23)CC1. The molecule has 0 radical (unpaired) electrons. The Morgan fingerprint density at radius 2 is 1.79 bits per heavy atom. The van der Waals surface area contributed by atoms with Crippen molar-refractivity contribution in [1.82, 2.24) is 20.3 Å². The lowest BCUT2D eigenvalue weighted by Gasteiger charge is -2.32. The average molecular weight is 415 g/mol. The van der Waals surface area contributed by atoms with Gasteiger partial charge in [0.1, 0.15) is 0 Å². The lowest BCUT2D eigenvalue weighted by molar-refractivity contribution is 0.0664. The summed E-state index contributed by atoms with van der Waals surface area (Å²) in [5.41, 5.74) is 5.70. The molecular weight excluding hydrogens is 395 g/mol. The van der Waals surface area contributed by atoms with E-state index in [4.69, 9.17) is 28.2 Å². The fraction of sp³-hybridized carbons (Fsp3) is 0.238. The van der Waals surface area contributed by atoms with Crippen molar-refractivity contribution in [2.45, 2.75) is 0 Å². The van der Waals surface area contributed by atoms with Crippen molar-refractivity contribution in [2.24, 2.45) is 0 Å². The van der Waals surface area contributed by atoms with Gasteiger partial charge in [-0.15, -0.1) is 0 Å². The number of carbonyl (C=O) groups excluding carboxylic acids is 1. The van der Waals surface area contributed by atoms with Crippen LogP contribution in [-0.2, 0) is 0 Å². The Balaban J connectivity index is 1.76. The minimum Gasteiger partial charge on any atom is -0.304 e. The Morgan fingerprint density at radius 1 is 1.04 bits per heavy atom. The van der Waals surface area contributed by atoms with Crippen molar-refractivity contribution in [1.29, 1.82) is 0 Å². The molecule has 0 aliphatic carbocycles. The Labute approximate surface area is 173 Å². The number of piperazine rings is 1. The van der Waals surface area contributed by atoms with Gasteiger partial charge in [-0.1, -0.05) is 41.4 Å². The summed E-state index contributed by atoms with van der Waals surface area (Å²) in [5.74, 6) is -0.174. The summed E-state index contributed by atoms with van der Waals surface area (Å²) in [6, 6.07) is 14.6. The lowest BCUT2D eigenvalue weighted by atomic mass is 10.0. The van der Waals surface area contributed by atoms with Crippen LogP contribution in [0.1, 0.15) is 10.4 Å². The number of rotatable bonds is 3. The summed E-state index contributed by atoms with van der Waals surface area (Å²) in [7, 11) is 2.08. The number of hydrazine groups is 1. The molecule has 3 aromatic rings. The molecule has 2 aromatic carbocycles. The average Bonchev–Trinajstić information content (AvgIpc) is 2.69. The van der Waals surface area contributed by atoms with E-state index in [0.717, 1.165) is 37.1 Å². The zero-order valence-electron chi connectivity index (χ0n) is 15.5. The molecule has 2 heterocycles. The smallest absolute Gasteiger partial charge is 0.266 e.